The molecule has 0 radical (unpaired) electrons. The van der Waals surface area contributed by atoms with Crippen molar-refractivity contribution in [3.63, 3.8) is 0 Å². The molecular formula is C11H16N2O. The molecule has 0 unspecified atom stereocenters. The van der Waals surface area contributed by atoms with Crippen LogP contribution in [0.25, 0.3) is 0 Å². The first kappa shape index (κ1) is 10.8. The topological polar surface area (TPSA) is 42.9 Å². The quantitative estimate of drug-likeness (QED) is 0.688. The van der Waals surface area contributed by atoms with Gasteiger partial charge < -0.3 is 0 Å². The first-order valence-corrected chi connectivity index (χ1v) is 4.90. The van der Waals surface area contributed by atoms with E-state index in [0.29, 0.717) is 5.82 Å². The number of carbonyl (C=O) groups excluding carboxylic acids is 1. The molecule has 3 nitrogen and oxygen atoms in total. The molecule has 0 atom stereocenters. The van der Waals surface area contributed by atoms with Crippen LogP contribution in [0, 0.1) is 5.41 Å². The molecule has 0 aromatic carbocycles. The summed E-state index contributed by atoms with van der Waals surface area (Å²) in [5.74, 6) is 0.353. The third kappa shape index (κ3) is 2.37. The average Bonchev–Trinajstić information content (AvgIpc) is 2.18. The molecule has 1 rings (SSSR count). The van der Waals surface area contributed by atoms with Crippen LogP contribution < -0.4 is 0 Å². The van der Waals surface area contributed by atoms with Crippen LogP contribution in [0.15, 0.2) is 18.5 Å². The molecule has 0 spiro atoms. The third-order valence-corrected chi connectivity index (χ3v) is 2.26. The van der Waals surface area contributed by atoms with Gasteiger partial charge in [-0.25, -0.2) is 9.97 Å². The molecule has 0 amide bonds. The summed E-state index contributed by atoms with van der Waals surface area (Å²) < 4.78 is 0. The van der Waals surface area contributed by atoms with Crippen molar-refractivity contribution in [2.75, 3.05) is 0 Å². The normalized spacial score (nSPS) is 11.4. The molecule has 0 aliphatic rings. The van der Waals surface area contributed by atoms with E-state index in [9.17, 15) is 4.79 Å². The van der Waals surface area contributed by atoms with Crippen molar-refractivity contribution in [2.24, 2.45) is 5.41 Å². The highest BCUT2D eigenvalue weighted by molar-refractivity contribution is 5.96. The minimum absolute atomic E-state index is 0.0277. The molecule has 0 bridgehead atoms. The van der Waals surface area contributed by atoms with Gasteiger partial charge >= 0.3 is 0 Å². The van der Waals surface area contributed by atoms with Gasteiger partial charge in [-0.05, 0) is 12.5 Å². The van der Waals surface area contributed by atoms with E-state index in [1.807, 2.05) is 13.8 Å². The Hall–Kier alpha value is -1.25. The Morgan fingerprint density at radius 3 is 2.43 bits per heavy atom. The maximum absolute atomic E-state index is 11.9. The van der Waals surface area contributed by atoms with Gasteiger partial charge in [0.15, 0.2) is 5.82 Å². The second kappa shape index (κ2) is 4.31. The summed E-state index contributed by atoms with van der Waals surface area (Å²) in [6, 6.07) is 1.71. The third-order valence-electron chi connectivity index (χ3n) is 2.26. The summed E-state index contributed by atoms with van der Waals surface area (Å²) in [5.41, 5.74) is -0.351. The summed E-state index contributed by atoms with van der Waals surface area (Å²) in [4.78, 5) is 19.9. The minimum Gasteiger partial charge on any atom is -0.290 e. The molecule has 0 saturated carbocycles. The Labute approximate surface area is 84.6 Å². The lowest BCUT2D eigenvalue weighted by atomic mass is 9.83. The predicted octanol–water partition coefficient (Wildman–Crippen LogP) is 2.49. The van der Waals surface area contributed by atoms with Gasteiger partial charge in [-0.2, -0.15) is 0 Å². The Morgan fingerprint density at radius 2 is 1.93 bits per heavy atom. The van der Waals surface area contributed by atoms with Crippen molar-refractivity contribution in [3.05, 3.63) is 24.3 Å². The zero-order valence-corrected chi connectivity index (χ0v) is 8.95. The van der Waals surface area contributed by atoms with Crippen LogP contribution in [0.3, 0.4) is 0 Å². The van der Waals surface area contributed by atoms with E-state index < -0.39 is 0 Å². The van der Waals surface area contributed by atoms with Gasteiger partial charge in [-0.15, -0.1) is 0 Å². The van der Waals surface area contributed by atoms with Gasteiger partial charge in [0.25, 0.3) is 0 Å². The highest BCUT2D eigenvalue weighted by Crippen LogP contribution is 2.25. The molecule has 3 heteroatoms. The summed E-state index contributed by atoms with van der Waals surface area (Å²) in [5, 5.41) is 0. The van der Waals surface area contributed by atoms with Crippen LogP contribution in [-0.4, -0.2) is 15.8 Å². The maximum atomic E-state index is 11.9. The highest BCUT2D eigenvalue weighted by atomic mass is 16.1. The summed E-state index contributed by atoms with van der Waals surface area (Å²) in [6.45, 7) is 5.95. The van der Waals surface area contributed by atoms with Crippen LogP contribution in [0.1, 0.15) is 44.2 Å². The second-order valence-electron chi connectivity index (χ2n) is 4.04. The number of Topliss-reactive ketones (excluding diaryl/α,β-unsaturated/α-hetero) is 1. The van der Waals surface area contributed by atoms with E-state index in [1.165, 1.54) is 0 Å². The van der Waals surface area contributed by atoms with E-state index in [0.717, 1.165) is 12.8 Å². The van der Waals surface area contributed by atoms with Crippen molar-refractivity contribution in [3.8, 4) is 0 Å². The molecule has 1 aromatic heterocycles. The zero-order valence-electron chi connectivity index (χ0n) is 8.95. The summed E-state index contributed by atoms with van der Waals surface area (Å²) in [7, 11) is 0. The molecule has 1 heterocycles. The molecule has 0 saturated heterocycles. The lowest BCUT2D eigenvalue weighted by Crippen LogP contribution is -2.25. The van der Waals surface area contributed by atoms with Gasteiger partial charge in [-0.3, -0.25) is 4.79 Å². The van der Waals surface area contributed by atoms with Crippen LogP contribution in [-0.2, 0) is 0 Å². The molecule has 0 N–H and O–H groups in total. The highest BCUT2D eigenvalue weighted by Gasteiger charge is 2.29. The fourth-order valence-electron chi connectivity index (χ4n) is 1.46. The van der Waals surface area contributed by atoms with Crippen molar-refractivity contribution in [1.82, 2.24) is 9.97 Å². The Bertz CT molecular complexity index is 306. The van der Waals surface area contributed by atoms with E-state index in [1.54, 1.807) is 18.5 Å². The van der Waals surface area contributed by atoms with Crippen LogP contribution in [0.5, 0.6) is 0 Å². The maximum Gasteiger partial charge on any atom is 0.205 e. The number of hydrogen-bond donors (Lipinski definition) is 0. The van der Waals surface area contributed by atoms with Crippen molar-refractivity contribution in [2.45, 2.75) is 33.6 Å². The molecule has 76 valence electrons. The smallest absolute Gasteiger partial charge is 0.205 e. The Kier molecular flexibility index (Phi) is 3.33. The lowest BCUT2D eigenvalue weighted by molar-refractivity contribution is 0.0813. The Balaban J connectivity index is 2.85. The standard InChI is InChI=1S/C11H16N2O/c1-4-6-11(2,3)9(14)10-12-7-5-8-13-10/h5,7-8H,4,6H2,1-3H3. The van der Waals surface area contributed by atoms with Gasteiger partial charge in [0.1, 0.15) is 0 Å². The predicted molar refractivity (Wildman–Crippen MR) is 55.1 cm³/mol. The molecule has 14 heavy (non-hydrogen) atoms. The number of aromatic nitrogens is 2. The van der Waals surface area contributed by atoms with E-state index in [4.69, 9.17) is 0 Å². The molecule has 1 aromatic rings. The number of rotatable bonds is 4. The molecule has 0 fully saturated rings. The number of ketones is 1. The van der Waals surface area contributed by atoms with E-state index >= 15 is 0 Å². The fraction of sp³-hybridized carbons (Fsp3) is 0.545. The fourth-order valence-corrected chi connectivity index (χ4v) is 1.46. The van der Waals surface area contributed by atoms with Crippen LogP contribution in [0.4, 0.5) is 0 Å². The second-order valence-corrected chi connectivity index (χ2v) is 4.04. The number of hydrogen-bond acceptors (Lipinski definition) is 3. The summed E-state index contributed by atoms with van der Waals surface area (Å²) in [6.07, 6.45) is 5.06. The largest absolute Gasteiger partial charge is 0.290 e. The monoisotopic (exact) mass is 192 g/mol. The first-order valence-electron chi connectivity index (χ1n) is 4.90. The van der Waals surface area contributed by atoms with Crippen molar-refractivity contribution < 1.29 is 4.79 Å². The first-order chi connectivity index (χ1) is 6.58. The van der Waals surface area contributed by atoms with Gasteiger partial charge in [-0.1, -0.05) is 27.2 Å². The van der Waals surface area contributed by atoms with Crippen LogP contribution >= 0.6 is 0 Å². The van der Waals surface area contributed by atoms with E-state index in [2.05, 4.69) is 16.9 Å². The number of carbonyl (C=O) groups is 1. The van der Waals surface area contributed by atoms with Gasteiger partial charge in [0.05, 0.1) is 0 Å². The molecule has 0 aliphatic carbocycles. The van der Waals surface area contributed by atoms with E-state index in [-0.39, 0.29) is 11.2 Å². The zero-order chi connectivity index (χ0) is 10.6. The van der Waals surface area contributed by atoms with Gasteiger partial charge in [0, 0.05) is 17.8 Å². The molecule has 0 aliphatic heterocycles. The van der Waals surface area contributed by atoms with Crippen molar-refractivity contribution in [1.29, 1.82) is 0 Å². The van der Waals surface area contributed by atoms with Crippen LogP contribution in [0.2, 0.25) is 0 Å². The van der Waals surface area contributed by atoms with Gasteiger partial charge in [0.2, 0.25) is 5.78 Å². The minimum atomic E-state index is -0.351. The summed E-state index contributed by atoms with van der Waals surface area (Å²) >= 11 is 0. The Morgan fingerprint density at radius 1 is 1.36 bits per heavy atom. The average molecular weight is 192 g/mol. The number of nitrogens with zero attached hydrogens (tertiary/aromatic N) is 2. The SMILES string of the molecule is CCCC(C)(C)C(=O)c1ncccn1. The van der Waals surface area contributed by atoms with Crippen molar-refractivity contribution >= 4 is 5.78 Å². The molecular weight excluding hydrogens is 176 g/mol. The lowest BCUT2D eigenvalue weighted by Gasteiger charge is -2.20.